The summed E-state index contributed by atoms with van der Waals surface area (Å²) in [6.45, 7) is 5.54. The quantitative estimate of drug-likeness (QED) is 0.786. The lowest BCUT2D eigenvalue weighted by Gasteiger charge is -2.33. The zero-order valence-corrected chi connectivity index (χ0v) is 15.4. The molecule has 1 atom stereocenters. The molecule has 1 heterocycles. The lowest BCUT2D eigenvalue weighted by Crippen LogP contribution is -2.49. The third-order valence-corrected chi connectivity index (χ3v) is 4.75. The maximum absolute atomic E-state index is 12.8. The first kappa shape index (κ1) is 16.7. The molecule has 1 N–H and O–H groups in total. The van der Waals surface area contributed by atoms with Crippen LogP contribution in [0.25, 0.3) is 0 Å². The Labute approximate surface area is 149 Å². The Morgan fingerprint density at radius 2 is 1.96 bits per heavy atom. The normalized spacial score (nSPS) is 19.4. The molecule has 0 bridgehead atoms. The number of hydrogen-bond acceptors (Lipinski definition) is 3. The number of carbonyl (C=O) groups excluding carboxylic acids is 2. The predicted octanol–water partition coefficient (Wildman–Crippen LogP) is 4.18. The Balaban J connectivity index is 1.89. The number of aryl methyl sites for hydroxylation is 2. The largest absolute Gasteiger partial charge is 0.445 e. The molecule has 0 saturated heterocycles. The molecule has 1 amide bonds. The van der Waals surface area contributed by atoms with Gasteiger partial charge in [0.25, 0.3) is 5.91 Å². The highest BCUT2D eigenvalue weighted by Gasteiger charge is 2.42. The van der Waals surface area contributed by atoms with Crippen molar-refractivity contribution >= 4 is 33.5 Å². The van der Waals surface area contributed by atoms with Gasteiger partial charge in [0.15, 0.2) is 5.60 Å². The van der Waals surface area contributed by atoms with E-state index >= 15 is 0 Å². The van der Waals surface area contributed by atoms with Gasteiger partial charge in [0, 0.05) is 16.6 Å². The smallest absolute Gasteiger partial charge is 0.339 e. The number of fused-ring (bicyclic) bond motifs is 1. The van der Waals surface area contributed by atoms with E-state index in [4.69, 9.17) is 4.74 Å². The van der Waals surface area contributed by atoms with Crippen molar-refractivity contribution in [2.75, 3.05) is 5.32 Å². The van der Waals surface area contributed by atoms with Crippen LogP contribution in [-0.4, -0.2) is 17.5 Å². The minimum atomic E-state index is -1.24. The van der Waals surface area contributed by atoms with Crippen LogP contribution in [0.1, 0.15) is 34.0 Å². The van der Waals surface area contributed by atoms with Gasteiger partial charge in [-0.05, 0) is 61.7 Å². The summed E-state index contributed by atoms with van der Waals surface area (Å²) >= 11 is 3.40. The fraction of sp³-hybridized carbons (Fsp3) is 0.263. The summed E-state index contributed by atoms with van der Waals surface area (Å²) in [7, 11) is 0. The number of amides is 1. The Hall–Kier alpha value is -2.14. The van der Waals surface area contributed by atoms with Crippen molar-refractivity contribution in [3.63, 3.8) is 0 Å². The van der Waals surface area contributed by atoms with Gasteiger partial charge in [0.05, 0.1) is 5.56 Å². The third kappa shape index (κ3) is 3.08. The van der Waals surface area contributed by atoms with Gasteiger partial charge in [-0.15, -0.1) is 0 Å². The topological polar surface area (TPSA) is 55.4 Å². The first-order valence-corrected chi connectivity index (χ1v) is 8.48. The average Bonchev–Trinajstić information content (AvgIpc) is 2.50. The van der Waals surface area contributed by atoms with Gasteiger partial charge in [-0.2, -0.15) is 0 Å². The van der Waals surface area contributed by atoms with Gasteiger partial charge in [-0.25, -0.2) is 4.79 Å². The van der Waals surface area contributed by atoms with Gasteiger partial charge in [-0.1, -0.05) is 28.1 Å². The molecule has 0 aliphatic carbocycles. The van der Waals surface area contributed by atoms with Crippen molar-refractivity contribution in [2.24, 2.45) is 0 Å². The van der Waals surface area contributed by atoms with E-state index in [1.807, 2.05) is 38.1 Å². The second kappa shape index (κ2) is 6.06. The highest BCUT2D eigenvalue weighted by molar-refractivity contribution is 9.10. The number of carbonyl (C=O) groups is 2. The number of esters is 1. The molecule has 124 valence electrons. The number of cyclic esters (lactones) is 1. The van der Waals surface area contributed by atoms with Gasteiger partial charge >= 0.3 is 5.97 Å². The Morgan fingerprint density at radius 3 is 2.71 bits per heavy atom. The number of benzene rings is 2. The molecule has 2 aromatic rings. The second-order valence-corrected chi connectivity index (χ2v) is 7.29. The van der Waals surface area contributed by atoms with Crippen LogP contribution < -0.4 is 5.32 Å². The maximum Gasteiger partial charge on any atom is 0.339 e. The van der Waals surface area contributed by atoms with Crippen molar-refractivity contribution < 1.29 is 14.3 Å². The minimum Gasteiger partial charge on any atom is -0.445 e. The second-order valence-electron chi connectivity index (χ2n) is 6.37. The van der Waals surface area contributed by atoms with Crippen LogP contribution in [0.3, 0.4) is 0 Å². The molecule has 0 saturated carbocycles. The summed E-state index contributed by atoms with van der Waals surface area (Å²) < 4.78 is 6.35. The van der Waals surface area contributed by atoms with Crippen molar-refractivity contribution in [1.82, 2.24) is 0 Å². The van der Waals surface area contributed by atoms with Crippen molar-refractivity contribution in [1.29, 1.82) is 0 Å². The molecule has 5 heteroatoms. The molecule has 0 aromatic heterocycles. The average molecular weight is 388 g/mol. The fourth-order valence-corrected chi connectivity index (χ4v) is 3.23. The summed E-state index contributed by atoms with van der Waals surface area (Å²) in [5.74, 6) is -0.794. The van der Waals surface area contributed by atoms with E-state index in [2.05, 4.69) is 21.2 Å². The summed E-state index contributed by atoms with van der Waals surface area (Å²) in [5.41, 5.74) is 2.83. The standard InChI is InChI=1S/C19H18BrNO3/c1-11-4-5-12(2)16(8-11)21-18(23)19(3)10-13-9-14(20)6-7-15(13)17(22)24-19/h4-9H,10H2,1-3H3,(H,21,23). The monoisotopic (exact) mass is 387 g/mol. The molecule has 1 aliphatic heterocycles. The lowest BCUT2D eigenvalue weighted by molar-refractivity contribution is -0.134. The number of hydrogen-bond donors (Lipinski definition) is 1. The molecule has 2 aromatic carbocycles. The van der Waals surface area contributed by atoms with E-state index in [0.717, 1.165) is 26.9 Å². The van der Waals surface area contributed by atoms with Crippen LogP contribution in [0, 0.1) is 13.8 Å². The van der Waals surface area contributed by atoms with Gasteiger partial charge in [0.2, 0.25) is 0 Å². The van der Waals surface area contributed by atoms with Crippen molar-refractivity contribution in [3.05, 3.63) is 63.1 Å². The molecule has 0 radical (unpaired) electrons. The summed E-state index contributed by atoms with van der Waals surface area (Å²) in [4.78, 5) is 25.1. The zero-order chi connectivity index (χ0) is 17.5. The van der Waals surface area contributed by atoms with Gasteiger partial charge < -0.3 is 10.1 Å². The summed E-state index contributed by atoms with van der Waals surface area (Å²) in [5, 5.41) is 2.90. The van der Waals surface area contributed by atoms with E-state index in [1.165, 1.54) is 0 Å². The van der Waals surface area contributed by atoms with Crippen LogP contribution >= 0.6 is 15.9 Å². The summed E-state index contributed by atoms with van der Waals surface area (Å²) in [6.07, 6.45) is 0.338. The molecule has 0 spiro atoms. The van der Waals surface area contributed by atoms with E-state index in [1.54, 1.807) is 19.1 Å². The molecule has 1 unspecified atom stereocenters. The van der Waals surface area contributed by atoms with Crippen molar-refractivity contribution in [3.8, 4) is 0 Å². The Kier molecular flexibility index (Phi) is 4.22. The van der Waals surface area contributed by atoms with Gasteiger partial charge in [0.1, 0.15) is 0 Å². The van der Waals surface area contributed by atoms with E-state index < -0.39 is 11.6 Å². The molecule has 4 nitrogen and oxygen atoms in total. The zero-order valence-electron chi connectivity index (χ0n) is 13.8. The molecular formula is C19H18BrNO3. The molecule has 3 rings (SSSR count). The molecular weight excluding hydrogens is 370 g/mol. The van der Waals surface area contributed by atoms with Crippen LogP contribution in [0.5, 0.6) is 0 Å². The maximum atomic E-state index is 12.8. The van der Waals surface area contributed by atoms with Crippen LogP contribution in [0.15, 0.2) is 40.9 Å². The Morgan fingerprint density at radius 1 is 1.21 bits per heavy atom. The van der Waals surface area contributed by atoms with Crippen LogP contribution in [-0.2, 0) is 16.0 Å². The lowest BCUT2D eigenvalue weighted by atomic mass is 9.89. The van der Waals surface area contributed by atoms with Crippen molar-refractivity contribution in [2.45, 2.75) is 32.8 Å². The minimum absolute atomic E-state index is 0.324. The number of rotatable bonds is 2. The van der Waals surface area contributed by atoms with E-state index in [0.29, 0.717) is 12.0 Å². The van der Waals surface area contributed by atoms with Crippen LogP contribution in [0.4, 0.5) is 5.69 Å². The number of ether oxygens (including phenoxy) is 1. The highest BCUT2D eigenvalue weighted by atomic mass is 79.9. The fourth-order valence-electron chi connectivity index (χ4n) is 2.82. The first-order valence-electron chi connectivity index (χ1n) is 7.69. The molecule has 24 heavy (non-hydrogen) atoms. The highest BCUT2D eigenvalue weighted by Crippen LogP contribution is 2.31. The number of nitrogens with one attached hydrogen (secondary N) is 1. The Bertz CT molecular complexity index is 847. The molecule has 0 fully saturated rings. The summed E-state index contributed by atoms with van der Waals surface area (Å²) in [6, 6.07) is 11.2. The van der Waals surface area contributed by atoms with Gasteiger partial charge in [-0.3, -0.25) is 4.79 Å². The third-order valence-electron chi connectivity index (χ3n) is 4.25. The SMILES string of the molecule is Cc1ccc(C)c(NC(=O)C2(C)Cc3cc(Br)ccc3C(=O)O2)c1. The number of halogens is 1. The number of anilines is 1. The van der Waals surface area contributed by atoms with E-state index in [9.17, 15) is 9.59 Å². The van der Waals surface area contributed by atoms with E-state index in [-0.39, 0.29) is 5.91 Å². The first-order chi connectivity index (χ1) is 11.3. The predicted molar refractivity (Wildman–Crippen MR) is 96.2 cm³/mol. The van der Waals surface area contributed by atoms with Crippen LogP contribution in [0.2, 0.25) is 0 Å². The molecule has 1 aliphatic rings.